The van der Waals surface area contributed by atoms with E-state index in [1.807, 2.05) is 36.4 Å². The largest absolute Gasteiger partial charge is 0.504 e. The predicted molar refractivity (Wildman–Crippen MR) is 263 cm³/mol. The molecule has 3 aromatic rings. The number of rotatable bonds is 9. The molecular formula is C60H69NO8. The molecule has 16 atom stereocenters. The zero-order valence-corrected chi connectivity index (χ0v) is 40.1. The molecule has 1 heterocycles. The number of phenolic OH excluding ortho intramolecular Hbond substituents is 3. The van der Waals surface area contributed by atoms with Crippen molar-refractivity contribution in [3.8, 4) is 34.8 Å². The summed E-state index contributed by atoms with van der Waals surface area (Å²) in [7, 11) is 1.50. The molecule has 0 aromatic heterocycles. The number of allylic oxidation sites excluding steroid dienone is 5. The summed E-state index contributed by atoms with van der Waals surface area (Å²) in [5.41, 5.74) is 6.14. The Hall–Kier alpha value is -4.85. The summed E-state index contributed by atoms with van der Waals surface area (Å²) in [4.78, 5) is 15.9. The van der Waals surface area contributed by atoms with Crippen molar-refractivity contribution in [1.82, 2.24) is 5.32 Å². The van der Waals surface area contributed by atoms with Crippen LogP contribution in [0.15, 0.2) is 90.0 Å². The monoisotopic (exact) mass is 932 g/mol. The van der Waals surface area contributed by atoms with E-state index in [4.69, 9.17) is 4.74 Å². The van der Waals surface area contributed by atoms with Crippen LogP contribution in [0.1, 0.15) is 124 Å². The average Bonchev–Trinajstić information content (AvgIpc) is 3.76. The number of aromatic hydroxyl groups is 3. The van der Waals surface area contributed by atoms with Gasteiger partial charge in [0.05, 0.1) is 25.9 Å². The smallest absolute Gasteiger partial charge is 0.160 e. The summed E-state index contributed by atoms with van der Waals surface area (Å²) in [6.45, 7) is 2.33. The first-order valence-corrected chi connectivity index (χ1v) is 26.3. The summed E-state index contributed by atoms with van der Waals surface area (Å²) < 4.78 is 5.65. The van der Waals surface area contributed by atoms with Gasteiger partial charge in [-0.15, -0.1) is 0 Å². The van der Waals surface area contributed by atoms with Gasteiger partial charge in [0.25, 0.3) is 0 Å². The molecule has 8 aliphatic carbocycles. The molecule has 0 radical (unpaired) electrons. The Morgan fingerprint density at radius 1 is 0.913 bits per heavy atom. The first kappa shape index (κ1) is 45.3. The second kappa shape index (κ2) is 16.9. The fourth-order valence-electron chi connectivity index (χ4n) is 17.7. The van der Waals surface area contributed by atoms with Crippen LogP contribution >= 0.6 is 0 Å². The summed E-state index contributed by atoms with van der Waals surface area (Å²) in [5.74, 6) is 6.02. The van der Waals surface area contributed by atoms with Crippen LogP contribution in [-0.4, -0.2) is 68.3 Å². The van der Waals surface area contributed by atoms with Gasteiger partial charge in [-0.3, -0.25) is 4.79 Å². The number of aliphatic hydroxyl groups excluding tert-OH is 3. The molecule has 69 heavy (non-hydrogen) atoms. The van der Waals surface area contributed by atoms with E-state index in [0.29, 0.717) is 42.9 Å². The quantitative estimate of drug-likeness (QED) is 0.0481. The number of ketones is 1. The maximum Gasteiger partial charge on any atom is 0.160 e. The number of ether oxygens (including phenoxy) is 1. The van der Waals surface area contributed by atoms with Crippen molar-refractivity contribution in [1.29, 1.82) is 0 Å². The highest BCUT2D eigenvalue weighted by atomic mass is 16.5. The number of carbonyl (C=O) groups excluding carboxylic acids is 1. The topological polar surface area (TPSA) is 160 Å². The number of nitrogens with one attached hydrogen (secondary N) is 1. The molecule has 12 rings (SSSR count). The van der Waals surface area contributed by atoms with Crippen molar-refractivity contribution in [3.05, 3.63) is 118 Å². The van der Waals surface area contributed by atoms with Crippen molar-refractivity contribution in [2.75, 3.05) is 13.7 Å². The zero-order chi connectivity index (χ0) is 47.6. The van der Waals surface area contributed by atoms with E-state index in [1.165, 1.54) is 18.3 Å². The van der Waals surface area contributed by atoms with Crippen molar-refractivity contribution in [3.63, 3.8) is 0 Å². The molecule has 3 aromatic carbocycles. The number of methoxy groups -OCH3 is 1. The number of fused-ring (bicyclic) bond motifs is 6. The van der Waals surface area contributed by atoms with Crippen LogP contribution in [0, 0.1) is 70.0 Å². The Balaban J connectivity index is 1.11. The minimum atomic E-state index is -1.08. The third-order valence-corrected chi connectivity index (χ3v) is 20.2. The Kier molecular flexibility index (Phi) is 11.1. The van der Waals surface area contributed by atoms with Crippen molar-refractivity contribution < 1.29 is 40.2 Å². The molecule has 9 aliphatic rings. The van der Waals surface area contributed by atoms with Crippen LogP contribution in [0.25, 0.3) is 0 Å². The predicted octanol–water partition coefficient (Wildman–Crippen LogP) is 9.04. The fraction of sp³-hybridized carbons (Fsp3) is 0.550. The molecular weight excluding hydrogens is 863 g/mol. The van der Waals surface area contributed by atoms with Crippen LogP contribution in [0.4, 0.5) is 0 Å². The number of aliphatic hydroxyl groups is 3. The highest BCUT2D eigenvalue weighted by Gasteiger charge is 2.77. The van der Waals surface area contributed by atoms with Crippen LogP contribution in [0.3, 0.4) is 0 Å². The van der Waals surface area contributed by atoms with Gasteiger partial charge in [-0.05, 0) is 138 Å². The summed E-state index contributed by atoms with van der Waals surface area (Å²) in [5, 5.41) is 74.6. The highest BCUT2D eigenvalue weighted by Crippen LogP contribution is 2.82. The average molecular weight is 932 g/mol. The molecule has 4 fully saturated rings. The minimum Gasteiger partial charge on any atom is -0.504 e. The normalized spacial score (nSPS) is 39.8. The lowest BCUT2D eigenvalue weighted by atomic mass is 9.28. The molecule has 16 unspecified atom stereocenters. The second-order valence-electron chi connectivity index (χ2n) is 22.9. The second-order valence-corrected chi connectivity index (χ2v) is 22.9. The number of Topliss-reactive ketones (excluding diaryl/α,β-unsaturated/α-hetero) is 1. The Morgan fingerprint density at radius 3 is 2.54 bits per heavy atom. The van der Waals surface area contributed by atoms with Crippen molar-refractivity contribution in [2.24, 2.45) is 58.2 Å². The summed E-state index contributed by atoms with van der Waals surface area (Å²) in [6.07, 6.45) is 18.3. The van der Waals surface area contributed by atoms with Crippen molar-refractivity contribution >= 4 is 5.78 Å². The lowest BCUT2D eigenvalue weighted by Gasteiger charge is -2.77. The van der Waals surface area contributed by atoms with Gasteiger partial charge in [0, 0.05) is 65.3 Å². The molecule has 4 bridgehead atoms. The summed E-state index contributed by atoms with van der Waals surface area (Å²) >= 11 is 0. The SMILES string of the molecule is CCCCCC1C(=O)CC(c2cc(OC)c(O)cc2CO)C(Cc2ccccc2)C#CC2CNC3CC4C=C5C=CC(O)CC5C5=CC6CCCC67CC54C4CC7c5cc(O)c(O)cc5C34C2C1O. The fourth-order valence-corrected chi connectivity index (χ4v) is 17.7. The standard InChI is InChI=1S/C60H69NO8/c1-3-4-6-13-41-49(64)25-42(43-27-53(69-2)52(67)21-37(43)31-62)34(19-33-10-7-5-8-11-33)14-15-36-30-61-55-23-39-20-35-16-17-40(63)24-44(35)47-22-38-12-9-18-58(38)32-59(39,47)54-29-46(58)45-26-50(65)51(66)28-48(45)60(54,55)56(36)57(41)68/h5,7-8,10-11,16-17,20-22,26-28,34,36,38-42,44,46,54-57,61-63,65-68H,3-4,6,9,12-13,18-19,23-25,29-32H2,1-2H3. The Labute approximate surface area is 406 Å². The maximum absolute atomic E-state index is 15.9. The van der Waals surface area contributed by atoms with E-state index in [9.17, 15) is 30.6 Å². The number of piperidine rings is 1. The van der Waals surface area contributed by atoms with Crippen LogP contribution < -0.4 is 10.1 Å². The third kappa shape index (κ3) is 6.53. The van der Waals surface area contributed by atoms with Gasteiger partial charge >= 0.3 is 0 Å². The van der Waals surface area contributed by atoms with Gasteiger partial charge in [0.1, 0.15) is 5.78 Å². The number of benzene rings is 3. The zero-order valence-electron chi connectivity index (χ0n) is 40.1. The maximum atomic E-state index is 15.9. The van der Waals surface area contributed by atoms with Gasteiger partial charge < -0.3 is 40.7 Å². The molecule has 362 valence electrons. The van der Waals surface area contributed by atoms with E-state index in [2.05, 4.69) is 54.4 Å². The lowest BCUT2D eigenvalue weighted by Crippen LogP contribution is -2.77. The number of hydrogen-bond acceptors (Lipinski definition) is 9. The summed E-state index contributed by atoms with van der Waals surface area (Å²) in [6, 6.07) is 17.2. The van der Waals surface area contributed by atoms with Crippen LogP contribution in [-0.2, 0) is 23.2 Å². The van der Waals surface area contributed by atoms with E-state index in [0.717, 1.165) is 74.5 Å². The third-order valence-electron chi connectivity index (χ3n) is 20.2. The molecule has 1 aliphatic heterocycles. The number of phenols is 3. The first-order valence-electron chi connectivity index (χ1n) is 26.3. The molecule has 3 saturated carbocycles. The number of unbranched alkanes of at least 4 members (excludes halogenated alkanes) is 2. The Bertz CT molecular complexity index is 2710. The van der Waals surface area contributed by atoms with Gasteiger partial charge in [-0.2, -0.15) is 0 Å². The van der Waals surface area contributed by atoms with E-state index < -0.39 is 41.3 Å². The molecule has 1 saturated heterocycles. The first-order chi connectivity index (χ1) is 33.5. The van der Waals surface area contributed by atoms with Gasteiger partial charge in [-0.25, -0.2) is 0 Å². The van der Waals surface area contributed by atoms with E-state index >= 15 is 4.79 Å². The van der Waals surface area contributed by atoms with E-state index in [1.54, 1.807) is 12.1 Å². The van der Waals surface area contributed by atoms with Crippen molar-refractivity contribution in [2.45, 2.75) is 133 Å². The minimum absolute atomic E-state index is 0.0156. The molecule has 3 spiro atoms. The highest BCUT2D eigenvalue weighted by molar-refractivity contribution is 5.83. The number of carbonyl (C=O) groups is 1. The Morgan fingerprint density at radius 2 is 1.74 bits per heavy atom. The van der Waals surface area contributed by atoms with Gasteiger partial charge in [0.2, 0.25) is 0 Å². The van der Waals surface area contributed by atoms with Crippen LogP contribution in [0.5, 0.6) is 23.0 Å². The van der Waals surface area contributed by atoms with Crippen LogP contribution in [0.2, 0.25) is 0 Å². The molecule has 9 nitrogen and oxygen atoms in total. The van der Waals surface area contributed by atoms with Gasteiger partial charge in [0.15, 0.2) is 23.0 Å². The molecule has 7 N–H and O–H groups in total. The molecule has 0 amide bonds. The molecule has 9 heteroatoms. The van der Waals surface area contributed by atoms with E-state index in [-0.39, 0.29) is 88.3 Å². The lowest BCUT2D eigenvalue weighted by molar-refractivity contribution is -0.181. The van der Waals surface area contributed by atoms with Gasteiger partial charge in [-0.1, -0.05) is 105 Å². The number of hydrogen-bond donors (Lipinski definition) is 7.